The minimum Gasteiger partial charge on any atom is -0.309 e. The summed E-state index contributed by atoms with van der Waals surface area (Å²) < 4.78 is 1.70. The van der Waals surface area contributed by atoms with E-state index in [2.05, 4.69) is 39.4 Å². The van der Waals surface area contributed by atoms with Gasteiger partial charge < -0.3 is 5.32 Å². The highest BCUT2D eigenvalue weighted by Crippen LogP contribution is 2.06. The molecule has 0 amide bonds. The van der Waals surface area contributed by atoms with Gasteiger partial charge in [-0.2, -0.15) is 9.78 Å². The summed E-state index contributed by atoms with van der Waals surface area (Å²) in [5, 5.41) is 15.9. The van der Waals surface area contributed by atoms with Crippen LogP contribution in [-0.2, 0) is 6.54 Å². The van der Waals surface area contributed by atoms with Crippen LogP contribution in [0.4, 0.5) is 0 Å². The van der Waals surface area contributed by atoms with E-state index >= 15 is 0 Å². The SMILES string of the molecule is Cc1nc(C)n(-c2ccc(CNC(C)C)nn2)n1. The largest absolute Gasteiger partial charge is 0.309 e. The van der Waals surface area contributed by atoms with Gasteiger partial charge in [-0.3, -0.25) is 0 Å². The van der Waals surface area contributed by atoms with E-state index in [1.165, 1.54) is 0 Å². The molecule has 2 aromatic heterocycles. The third-order valence-corrected chi connectivity index (χ3v) is 2.49. The van der Waals surface area contributed by atoms with E-state index < -0.39 is 0 Å². The van der Waals surface area contributed by atoms with Gasteiger partial charge in [-0.05, 0) is 26.0 Å². The van der Waals surface area contributed by atoms with Crippen LogP contribution in [0.1, 0.15) is 31.2 Å². The van der Waals surface area contributed by atoms with Crippen LogP contribution in [0.5, 0.6) is 0 Å². The molecule has 0 atom stereocenters. The molecular formula is C12H18N6. The fourth-order valence-corrected chi connectivity index (χ4v) is 1.61. The molecule has 2 aromatic rings. The van der Waals surface area contributed by atoms with Gasteiger partial charge in [0.1, 0.15) is 11.6 Å². The lowest BCUT2D eigenvalue weighted by atomic mass is 10.3. The molecule has 0 aliphatic heterocycles. The predicted octanol–water partition coefficient (Wildman–Crippen LogP) is 1.17. The lowest BCUT2D eigenvalue weighted by molar-refractivity contribution is 0.576. The third kappa shape index (κ3) is 2.89. The van der Waals surface area contributed by atoms with Crippen LogP contribution >= 0.6 is 0 Å². The second-order valence-electron chi connectivity index (χ2n) is 4.54. The number of hydrogen-bond acceptors (Lipinski definition) is 5. The molecule has 6 heteroatoms. The maximum absolute atomic E-state index is 4.27. The number of hydrogen-bond donors (Lipinski definition) is 1. The Hall–Kier alpha value is -1.82. The molecule has 2 rings (SSSR count). The number of nitrogens with zero attached hydrogens (tertiary/aromatic N) is 5. The van der Waals surface area contributed by atoms with Crippen molar-refractivity contribution in [1.82, 2.24) is 30.3 Å². The highest BCUT2D eigenvalue weighted by Gasteiger charge is 2.07. The lowest BCUT2D eigenvalue weighted by Crippen LogP contribution is -2.22. The first kappa shape index (κ1) is 12.6. The zero-order valence-electron chi connectivity index (χ0n) is 11.2. The van der Waals surface area contributed by atoms with Gasteiger partial charge in [0.2, 0.25) is 0 Å². The maximum Gasteiger partial charge on any atom is 0.177 e. The van der Waals surface area contributed by atoms with Crippen molar-refractivity contribution in [3.05, 3.63) is 29.5 Å². The van der Waals surface area contributed by atoms with Crippen molar-refractivity contribution >= 4 is 0 Å². The van der Waals surface area contributed by atoms with E-state index in [-0.39, 0.29) is 0 Å². The Kier molecular flexibility index (Phi) is 3.66. The van der Waals surface area contributed by atoms with Crippen molar-refractivity contribution in [3.63, 3.8) is 0 Å². The molecule has 0 radical (unpaired) electrons. The van der Waals surface area contributed by atoms with E-state index in [9.17, 15) is 0 Å². The zero-order valence-corrected chi connectivity index (χ0v) is 11.2. The first-order chi connectivity index (χ1) is 8.56. The van der Waals surface area contributed by atoms with Crippen molar-refractivity contribution in [3.8, 4) is 5.82 Å². The number of aromatic nitrogens is 5. The summed E-state index contributed by atoms with van der Waals surface area (Å²) in [5.41, 5.74) is 0.918. The highest BCUT2D eigenvalue weighted by atomic mass is 15.4. The van der Waals surface area contributed by atoms with Crippen LogP contribution in [0, 0.1) is 13.8 Å². The predicted molar refractivity (Wildman–Crippen MR) is 68.4 cm³/mol. The fourth-order valence-electron chi connectivity index (χ4n) is 1.61. The molecule has 6 nitrogen and oxygen atoms in total. The second kappa shape index (κ2) is 5.22. The maximum atomic E-state index is 4.27. The monoisotopic (exact) mass is 246 g/mol. The van der Waals surface area contributed by atoms with Crippen LogP contribution in [0.2, 0.25) is 0 Å². The number of rotatable bonds is 4. The smallest absolute Gasteiger partial charge is 0.177 e. The van der Waals surface area contributed by atoms with E-state index in [0.717, 1.165) is 23.9 Å². The molecule has 0 aliphatic carbocycles. The summed E-state index contributed by atoms with van der Waals surface area (Å²) in [6.07, 6.45) is 0. The fraction of sp³-hybridized carbons (Fsp3) is 0.500. The molecule has 2 heterocycles. The molecule has 0 unspecified atom stereocenters. The molecular weight excluding hydrogens is 228 g/mol. The molecule has 0 saturated heterocycles. The number of nitrogens with one attached hydrogen (secondary N) is 1. The van der Waals surface area contributed by atoms with Gasteiger partial charge in [0.05, 0.1) is 5.69 Å². The van der Waals surface area contributed by atoms with Crippen molar-refractivity contribution in [2.45, 2.75) is 40.3 Å². The molecule has 0 saturated carbocycles. The molecule has 0 bridgehead atoms. The second-order valence-corrected chi connectivity index (χ2v) is 4.54. The van der Waals surface area contributed by atoms with Crippen molar-refractivity contribution in [2.24, 2.45) is 0 Å². The summed E-state index contributed by atoms with van der Waals surface area (Å²) in [6, 6.07) is 4.30. The summed E-state index contributed by atoms with van der Waals surface area (Å²) >= 11 is 0. The van der Waals surface area contributed by atoms with Gasteiger partial charge in [0.25, 0.3) is 0 Å². The Morgan fingerprint density at radius 3 is 2.50 bits per heavy atom. The summed E-state index contributed by atoms with van der Waals surface area (Å²) in [4.78, 5) is 4.24. The average molecular weight is 246 g/mol. The Morgan fingerprint density at radius 2 is 2.00 bits per heavy atom. The minimum absolute atomic E-state index is 0.437. The molecule has 0 aliphatic rings. The van der Waals surface area contributed by atoms with Crippen molar-refractivity contribution < 1.29 is 0 Å². The minimum atomic E-state index is 0.437. The van der Waals surface area contributed by atoms with Gasteiger partial charge in [-0.1, -0.05) is 13.8 Å². The standard InChI is InChI=1S/C12H18N6/c1-8(2)13-7-11-5-6-12(16-15-11)18-10(4)14-9(3)17-18/h5-6,8,13H,7H2,1-4H3. The first-order valence-corrected chi connectivity index (χ1v) is 6.03. The Morgan fingerprint density at radius 1 is 1.22 bits per heavy atom. The quantitative estimate of drug-likeness (QED) is 0.877. The number of aryl methyl sites for hydroxylation is 2. The van der Waals surface area contributed by atoms with Crippen LogP contribution in [0.15, 0.2) is 12.1 Å². The molecule has 18 heavy (non-hydrogen) atoms. The normalized spacial score (nSPS) is 11.2. The molecule has 0 fully saturated rings. The van der Waals surface area contributed by atoms with E-state index in [1.807, 2.05) is 26.0 Å². The molecule has 1 N–H and O–H groups in total. The van der Waals surface area contributed by atoms with Gasteiger partial charge >= 0.3 is 0 Å². The Bertz CT molecular complexity index is 514. The van der Waals surface area contributed by atoms with Crippen LogP contribution in [-0.4, -0.2) is 31.0 Å². The molecule has 0 spiro atoms. The first-order valence-electron chi connectivity index (χ1n) is 6.03. The van der Waals surface area contributed by atoms with Gasteiger partial charge in [-0.15, -0.1) is 10.2 Å². The van der Waals surface area contributed by atoms with E-state index in [0.29, 0.717) is 11.9 Å². The average Bonchev–Trinajstić information content (AvgIpc) is 2.66. The van der Waals surface area contributed by atoms with Gasteiger partial charge in [0, 0.05) is 12.6 Å². The van der Waals surface area contributed by atoms with Crippen LogP contribution < -0.4 is 5.32 Å². The topological polar surface area (TPSA) is 68.5 Å². The zero-order chi connectivity index (χ0) is 13.1. The third-order valence-electron chi connectivity index (χ3n) is 2.49. The summed E-state index contributed by atoms with van der Waals surface area (Å²) in [5.74, 6) is 2.25. The van der Waals surface area contributed by atoms with E-state index in [1.54, 1.807) is 4.68 Å². The van der Waals surface area contributed by atoms with E-state index in [4.69, 9.17) is 0 Å². The van der Waals surface area contributed by atoms with Crippen molar-refractivity contribution in [1.29, 1.82) is 0 Å². The Labute approximate surface area is 106 Å². The van der Waals surface area contributed by atoms with Crippen LogP contribution in [0.25, 0.3) is 5.82 Å². The van der Waals surface area contributed by atoms with Gasteiger partial charge in [0.15, 0.2) is 5.82 Å². The lowest BCUT2D eigenvalue weighted by Gasteiger charge is -2.07. The van der Waals surface area contributed by atoms with Crippen molar-refractivity contribution in [2.75, 3.05) is 0 Å². The molecule has 0 aromatic carbocycles. The Balaban J connectivity index is 2.15. The highest BCUT2D eigenvalue weighted by molar-refractivity contribution is 5.21. The van der Waals surface area contributed by atoms with Crippen LogP contribution in [0.3, 0.4) is 0 Å². The summed E-state index contributed by atoms with van der Waals surface area (Å²) in [6.45, 7) is 8.68. The molecule has 96 valence electrons. The summed E-state index contributed by atoms with van der Waals surface area (Å²) in [7, 11) is 0. The van der Waals surface area contributed by atoms with Gasteiger partial charge in [-0.25, -0.2) is 4.98 Å².